The summed E-state index contributed by atoms with van der Waals surface area (Å²) in [6.45, 7) is 3.43. The van der Waals surface area contributed by atoms with Crippen LogP contribution in [0.15, 0.2) is 12.5 Å². The highest BCUT2D eigenvalue weighted by molar-refractivity contribution is 5.96. The summed E-state index contributed by atoms with van der Waals surface area (Å²) in [5.74, 6) is -6.56. The van der Waals surface area contributed by atoms with Crippen LogP contribution in [0.1, 0.15) is 38.8 Å². The maximum absolute atomic E-state index is 13.0. The third-order valence-corrected chi connectivity index (χ3v) is 4.93. The second kappa shape index (κ2) is 13.6. The average Bonchev–Trinajstić information content (AvgIpc) is 3.27. The second-order valence-corrected chi connectivity index (χ2v) is 8.18. The Labute approximate surface area is 200 Å². The van der Waals surface area contributed by atoms with Crippen molar-refractivity contribution in [3.05, 3.63) is 18.2 Å². The van der Waals surface area contributed by atoms with Gasteiger partial charge in [0.05, 0.1) is 18.8 Å². The largest absolute Gasteiger partial charge is 0.481 e. The number of carboxylic acids is 2. The zero-order chi connectivity index (χ0) is 26.7. The molecule has 1 aromatic rings. The summed E-state index contributed by atoms with van der Waals surface area (Å²) in [7, 11) is 0. The minimum absolute atomic E-state index is 0.0658. The van der Waals surface area contributed by atoms with Crippen LogP contribution in [0.4, 0.5) is 0 Å². The molecule has 0 saturated carbocycles. The quantitative estimate of drug-likeness (QED) is 0.123. The number of nitrogens with two attached hydrogens (primary N) is 2. The summed E-state index contributed by atoms with van der Waals surface area (Å²) >= 11 is 0. The number of nitrogens with zero attached hydrogens (tertiary/aromatic N) is 1. The number of hydrogen-bond acceptors (Lipinski definition) is 8. The van der Waals surface area contributed by atoms with E-state index in [2.05, 4.69) is 25.9 Å². The number of imidazole rings is 1. The van der Waals surface area contributed by atoms with Crippen LogP contribution in [0.5, 0.6) is 0 Å². The fraction of sp³-hybridized carbons (Fsp3) is 0.550. The Hall–Kier alpha value is -4.01. The highest BCUT2D eigenvalue weighted by Crippen LogP contribution is 2.05. The van der Waals surface area contributed by atoms with E-state index in [0.29, 0.717) is 5.69 Å². The minimum atomic E-state index is -1.59. The molecule has 0 radical (unpaired) electrons. The third kappa shape index (κ3) is 10.2. The molecule has 0 aliphatic rings. The number of hydrogen-bond donors (Lipinski definition) is 8. The van der Waals surface area contributed by atoms with Gasteiger partial charge in [-0.3, -0.25) is 24.0 Å². The number of amides is 4. The van der Waals surface area contributed by atoms with Gasteiger partial charge in [-0.2, -0.15) is 0 Å². The molecule has 0 aromatic carbocycles. The lowest BCUT2D eigenvalue weighted by Gasteiger charge is -2.25. The number of aromatic nitrogens is 2. The number of H-pyrrole nitrogens is 1. The summed E-state index contributed by atoms with van der Waals surface area (Å²) in [4.78, 5) is 78.4. The lowest BCUT2D eigenvalue weighted by atomic mass is 10.0. The zero-order valence-electron chi connectivity index (χ0n) is 19.3. The molecule has 0 bridgehead atoms. The lowest BCUT2D eigenvalue weighted by molar-refractivity contribution is -0.143. The van der Waals surface area contributed by atoms with Crippen molar-refractivity contribution < 1.29 is 39.0 Å². The Morgan fingerprint density at radius 3 is 2.03 bits per heavy atom. The number of carbonyl (C=O) groups excluding carboxylic acids is 4. The first-order chi connectivity index (χ1) is 16.3. The maximum atomic E-state index is 13.0. The van der Waals surface area contributed by atoms with Crippen LogP contribution in [0, 0.1) is 5.92 Å². The summed E-state index contributed by atoms with van der Waals surface area (Å²) in [6.07, 6.45) is 1.06. The molecular formula is C20H31N7O8. The van der Waals surface area contributed by atoms with Crippen LogP contribution < -0.4 is 27.4 Å². The van der Waals surface area contributed by atoms with E-state index < -0.39 is 79.0 Å². The Morgan fingerprint density at radius 1 is 0.971 bits per heavy atom. The van der Waals surface area contributed by atoms with Crippen LogP contribution in [0.2, 0.25) is 0 Å². The molecule has 1 aromatic heterocycles. The summed E-state index contributed by atoms with van der Waals surface area (Å²) < 4.78 is 0. The third-order valence-electron chi connectivity index (χ3n) is 4.93. The van der Waals surface area contributed by atoms with Crippen LogP contribution in [0.25, 0.3) is 0 Å². The number of carboxylic acid groups (broad SMARTS) is 2. The van der Waals surface area contributed by atoms with Gasteiger partial charge in [0.1, 0.15) is 18.1 Å². The van der Waals surface area contributed by atoms with Crippen LogP contribution in [-0.4, -0.2) is 79.9 Å². The van der Waals surface area contributed by atoms with Crippen molar-refractivity contribution in [2.45, 2.75) is 63.7 Å². The molecule has 1 rings (SSSR count). The number of aromatic amines is 1. The van der Waals surface area contributed by atoms with Gasteiger partial charge >= 0.3 is 11.9 Å². The minimum Gasteiger partial charge on any atom is -0.481 e. The molecule has 35 heavy (non-hydrogen) atoms. The van der Waals surface area contributed by atoms with E-state index in [1.54, 1.807) is 13.8 Å². The number of primary amides is 1. The number of rotatable bonds is 15. The van der Waals surface area contributed by atoms with Crippen molar-refractivity contribution in [1.29, 1.82) is 0 Å². The van der Waals surface area contributed by atoms with Gasteiger partial charge < -0.3 is 42.6 Å². The van der Waals surface area contributed by atoms with E-state index in [0.717, 1.165) is 0 Å². The van der Waals surface area contributed by atoms with Gasteiger partial charge in [-0.25, -0.2) is 9.78 Å². The molecule has 0 aliphatic carbocycles. The SMILES string of the molecule is CC(C)C(N)C(=O)NC(Cc1cnc[nH]1)C(=O)NC(CC(N)=O)C(=O)NC(CCC(=O)O)C(=O)O. The van der Waals surface area contributed by atoms with Gasteiger partial charge in [0.15, 0.2) is 0 Å². The normalized spacial score (nSPS) is 14.3. The molecular weight excluding hydrogens is 466 g/mol. The predicted molar refractivity (Wildman–Crippen MR) is 119 cm³/mol. The maximum Gasteiger partial charge on any atom is 0.326 e. The molecule has 0 aliphatic heterocycles. The Morgan fingerprint density at radius 2 is 1.54 bits per heavy atom. The predicted octanol–water partition coefficient (Wildman–Crippen LogP) is -2.79. The fourth-order valence-corrected chi connectivity index (χ4v) is 2.88. The molecule has 15 heteroatoms. The molecule has 4 amide bonds. The van der Waals surface area contributed by atoms with E-state index in [4.69, 9.17) is 16.6 Å². The van der Waals surface area contributed by atoms with Crippen molar-refractivity contribution in [2.24, 2.45) is 17.4 Å². The Balaban J connectivity index is 3.06. The first-order valence-electron chi connectivity index (χ1n) is 10.7. The summed E-state index contributed by atoms with van der Waals surface area (Å²) in [6, 6.07) is -5.34. The van der Waals surface area contributed by atoms with Crippen molar-refractivity contribution in [3.63, 3.8) is 0 Å². The molecule has 4 atom stereocenters. The molecule has 15 nitrogen and oxygen atoms in total. The molecule has 10 N–H and O–H groups in total. The monoisotopic (exact) mass is 497 g/mol. The van der Waals surface area contributed by atoms with Gasteiger partial charge in [0.2, 0.25) is 23.6 Å². The smallest absolute Gasteiger partial charge is 0.326 e. The van der Waals surface area contributed by atoms with E-state index in [1.807, 2.05) is 0 Å². The van der Waals surface area contributed by atoms with E-state index in [-0.39, 0.29) is 12.3 Å². The standard InChI is InChI=1S/C20H31N7O8/c1-9(2)16(22)19(33)27-12(5-10-7-23-8-24-10)17(31)26-13(6-14(21)28)18(32)25-11(20(34)35)3-4-15(29)30/h7-9,11-13,16H,3-6,22H2,1-2H3,(H2,21,28)(H,23,24)(H,25,32)(H,26,31)(H,27,33)(H,29,30)(H,34,35). The van der Waals surface area contributed by atoms with E-state index in [1.165, 1.54) is 12.5 Å². The van der Waals surface area contributed by atoms with Crippen LogP contribution in [-0.2, 0) is 35.2 Å². The average molecular weight is 498 g/mol. The first kappa shape index (κ1) is 29.0. The van der Waals surface area contributed by atoms with Gasteiger partial charge in [-0.05, 0) is 12.3 Å². The van der Waals surface area contributed by atoms with Gasteiger partial charge in [-0.1, -0.05) is 13.8 Å². The van der Waals surface area contributed by atoms with Crippen molar-refractivity contribution in [1.82, 2.24) is 25.9 Å². The van der Waals surface area contributed by atoms with E-state index >= 15 is 0 Å². The first-order valence-corrected chi connectivity index (χ1v) is 10.7. The van der Waals surface area contributed by atoms with Crippen LogP contribution >= 0.6 is 0 Å². The molecule has 194 valence electrons. The summed E-state index contributed by atoms with van der Waals surface area (Å²) in [5.41, 5.74) is 11.5. The Kier molecular flexibility index (Phi) is 11.3. The Bertz CT molecular complexity index is 919. The van der Waals surface area contributed by atoms with Crippen molar-refractivity contribution in [3.8, 4) is 0 Å². The number of nitrogens with one attached hydrogen (secondary N) is 4. The van der Waals surface area contributed by atoms with Gasteiger partial charge in [0.25, 0.3) is 0 Å². The van der Waals surface area contributed by atoms with Gasteiger partial charge in [0, 0.05) is 24.7 Å². The van der Waals surface area contributed by atoms with Crippen molar-refractivity contribution in [2.75, 3.05) is 0 Å². The highest BCUT2D eigenvalue weighted by Gasteiger charge is 2.32. The molecule has 1 heterocycles. The van der Waals surface area contributed by atoms with E-state index in [9.17, 15) is 33.9 Å². The van der Waals surface area contributed by atoms with Gasteiger partial charge in [-0.15, -0.1) is 0 Å². The number of carbonyl (C=O) groups is 6. The number of aliphatic carboxylic acids is 2. The molecule has 0 fully saturated rings. The van der Waals surface area contributed by atoms with Crippen LogP contribution in [0.3, 0.4) is 0 Å². The fourth-order valence-electron chi connectivity index (χ4n) is 2.88. The second-order valence-electron chi connectivity index (χ2n) is 8.18. The lowest BCUT2D eigenvalue weighted by Crippen LogP contribution is -2.58. The van der Waals surface area contributed by atoms with Crippen molar-refractivity contribution >= 4 is 35.6 Å². The zero-order valence-corrected chi connectivity index (χ0v) is 19.3. The topological polar surface area (TPSA) is 260 Å². The summed E-state index contributed by atoms with van der Waals surface area (Å²) in [5, 5.41) is 24.9. The molecule has 4 unspecified atom stereocenters. The molecule has 0 spiro atoms. The molecule has 0 saturated heterocycles. The highest BCUT2D eigenvalue weighted by atomic mass is 16.4.